The molecule has 0 aromatic rings. The highest BCUT2D eigenvalue weighted by molar-refractivity contribution is 5.71. The Hall–Kier alpha value is -2.63. The maximum atomic E-state index is 12.8. The van der Waals surface area contributed by atoms with Crippen LogP contribution in [0.15, 0.2) is 48.6 Å². The van der Waals surface area contributed by atoms with Gasteiger partial charge in [0.15, 0.2) is 6.10 Å². The predicted octanol–water partition coefficient (Wildman–Crippen LogP) is 20.2. The molecule has 0 N–H and O–H groups in total. The second kappa shape index (κ2) is 57.9. The molecular formula is C63H114O6. The number of hydrogen-bond acceptors (Lipinski definition) is 6. The fourth-order valence-corrected chi connectivity index (χ4v) is 8.85. The summed E-state index contributed by atoms with van der Waals surface area (Å²) in [6.07, 6.45) is 71.3. The molecule has 0 fully saturated rings. The van der Waals surface area contributed by atoms with Gasteiger partial charge in [0, 0.05) is 19.3 Å². The Morgan fingerprint density at radius 1 is 0.304 bits per heavy atom. The van der Waals surface area contributed by atoms with Crippen molar-refractivity contribution >= 4 is 17.9 Å². The lowest BCUT2D eigenvalue weighted by Gasteiger charge is -2.18. The molecule has 1 atom stereocenters. The fraction of sp³-hybridized carbons (Fsp3) is 0.825. The summed E-state index contributed by atoms with van der Waals surface area (Å²) in [5.74, 6) is -0.860. The maximum Gasteiger partial charge on any atom is 0.306 e. The van der Waals surface area contributed by atoms with E-state index in [9.17, 15) is 14.4 Å². The minimum Gasteiger partial charge on any atom is -0.462 e. The number of esters is 3. The van der Waals surface area contributed by atoms with Crippen LogP contribution in [0.5, 0.6) is 0 Å². The summed E-state index contributed by atoms with van der Waals surface area (Å²) in [7, 11) is 0. The highest BCUT2D eigenvalue weighted by Crippen LogP contribution is 2.17. The van der Waals surface area contributed by atoms with Crippen LogP contribution in [0.2, 0.25) is 0 Å². The van der Waals surface area contributed by atoms with Crippen LogP contribution in [0.25, 0.3) is 0 Å². The van der Waals surface area contributed by atoms with Crippen LogP contribution in [0, 0.1) is 0 Å². The molecule has 0 aliphatic rings. The molecule has 0 aliphatic heterocycles. The Morgan fingerprint density at radius 3 is 0.884 bits per heavy atom. The molecule has 0 rings (SSSR count). The minimum atomic E-state index is -0.768. The van der Waals surface area contributed by atoms with Gasteiger partial charge < -0.3 is 14.2 Å². The van der Waals surface area contributed by atoms with Gasteiger partial charge in [0.2, 0.25) is 0 Å². The molecule has 0 spiro atoms. The molecule has 6 nitrogen and oxygen atoms in total. The first-order chi connectivity index (χ1) is 34.0. The lowest BCUT2D eigenvalue weighted by Crippen LogP contribution is -2.30. The minimum absolute atomic E-state index is 0.0692. The summed E-state index contributed by atoms with van der Waals surface area (Å²) in [6.45, 7) is 6.53. The monoisotopic (exact) mass is 967 g/mol. The molecule has 402 valence electrons. The molecule has 0 aromatic heterocycles. The number of carbonyl (C=O) groups excluding carboxylic acids is 3. The van der Waals surface area contributed by atoms with E-state index < -0.39 is 6.10 Å². The standard InChI is InChI=1S/C63H114O6/c1-4-7-10-13-16-18-20-22-24-26-28-29-30-31-32-33-35-36-38-40-42-44-47-50-53-56-62(65)68-59-60(58-67-61(64)55-52-49-46-15-12-9-6-3)69-63(66)57-54-51-48-45-43-41-39-37-34-27-25-23-21-19-17-14-11-8-5-2/h7,10,16,18,22,24,28-29,60H,4-6,8-9,11-15,17,19-21,23,25-27,30-59H2,1-3H3/b10-7-,18-16-,24-22-,29-28-. The quantitative estimate of drug-likeness (QED) is 0.0262. The molecule has 6 heteroatoms. The summed E-state index contributed by atoms with van der Waals surface area (Å²) < 4.78 is 16.8. The smallest absolute Gasteiger partial charge is 0.306 e. The van der Waals surface area contributed by atoms with Crippen LogP contribution >= 0.6 is 0 Å². The van der Waals surface area contributed by atoms with E-state index in [1.54, 1.807) is 0 Å². The first kappa shape index (κ1) is 66.4. The van der Waals surface area contributed by atoms with Gasteiger partial charge in [0.05, 0.1) is 0 Å². The molecule has 0 amide bonds. The Bertz CT molecular complexity index is 1200. The van der Waals surface area contributed by atoms with Gasteiger partial charge in [-0.3, -0.25) is 14.4 Å². The average molecular weight is 968 g/mol. The molecule has 1 unspecified atom stereocenters. The molecule has 0 bridgehead atoms. The van der Waals surface area contributed by atoms with Crippen molar-refractivity contribution in [3.8, 4) is 0 Å². The van der Waals surface area contributed by atoms with E-state index in [-0.39, 0.29) is 31.1 Å². The van der Waals surface area contributed by atoms with Gasteiger partial charge in [-0.15, -0.1) is 0 Å². The number of ether oxygens (including phenoxy) is 3. The maximum absolute atomic E-state index is 12.8. The Labute approximate surface area is 428 Å². The number of allylic oxidation sites excluding steroid dienone is 8. The third-order valence-corrected chi connectivity index (χ3v) is 13.3. The topological polar surface area (TPSA) is 78.9 Å². The number of carbonyl (C=O) groups is 3. The van der Waals surface area contributed by atoms with E-state index in [2.05, 4.69) is 69.4 Å². The normalized spacial score (nSPS) is 12.3. The van der Waals surface area contributed by atoms with Crippen LogP contribution in [-0.2, 0) is 28.6 Å². The fourth-order valence-electron chi connectivity index (χ4n) is 8.85. The van der Waals surface area contributed by atoms with Crippen molar-refractivity contribution in [3.05, 3.63) is 48.6 Å². The lowest BCUT2D eigenvalue weighted by atomic mass is 10.0. The van der Waals surface area contributed by atoms with Crippen molar-refractivity contribution < 1.29 is 28.6 Å². The number of hydrogen-bond donors (Lipinski definition) is 0. The van der Waals surface area contributed by atoms with E-state index in [0.717, 1.165) is 83.5 Å². The van der Waals surface area contributed by atoms with Gasteiger partial charge in [0.25, 0.3) is 0 Å². The van der Waals surface area contributed by atoms with Crippen LogP contribution in [0.3, 0.4) is 0 Å². The second-order valence-electron chi connectivity index (χ2n) is 20.2. The third-order valence-electron chi connectivity index (χ3n) is 13.3. The molecule has 0 heterocycles. The molecule has 0 aromatic carbocycles. The largest absolute Gasteiger partial charge is 0.462 e. The summed E-state index contributed by atoms with van der Waals surface area (Å²) in [5.41, 5.74) is 0. The lowest BCUT2D eigenvalue weighted by molar-refractivity contribution is -0.167. The zero-order valence-corrected chi connectivity index (χ0v) is 46.1. The van der Waals surface area contributed by atoms with Gasteiger partial charge in [0.1, 0.15) is 13.2 Å². The van der Waals surface area contributed by atoms with Crippen molar-refractivity contribution in [1.82, 2.24) is 0 Å². The van der Waals surface area contributed by atoms with Crippen LogP contribution in [0.4, 0.5) is 0 Å². The van der Waals surface area contributed by atoms with E-state index in [4.69, 9.17) is 14.2 Å². The molecule has 69 heavy (non-hydrogen) atoms. The average Bonchev–Trinajstić information content (AvgIpc) is 3.35. The van der Waals surface area contributed by atoms with Gasteiger partial charge >= 0.3 is 17.9 Å². The Kier molecular flexibility index (Phi) is 55.7. The van der Waals surface area contributed by atoms with Crippen molar-refractivity contribution in [2.24, 2.45) is 0 Å². The molecule has 0 saturated heterocycles. The Balaban J connectivity index is 4.12. The second-order valence-corrected chi connectivity index (χ2v) is 20.2. The molecule has 0 aliphatic carbocycles. The molecular weight excluding hydrogens is 853 g/mol. The van der Waals surface area contributed by atoms with Gasteiger partial charge in [-0.2, -0.15) is 0 Å². The van der Waals surface area contributed by atoms with Gasteiger partial charge in [-0.05, 0) is 57.8 Å². The van der Waals surface area contributed by atoms with E-state index >= 15 is 0 Å². The summed E-state index contributed by atoms with van der Waals surface area (Å²) in [6, 6.07) is 0. The summed E-state index contributed by atoms with van der Waals surface area (Å²) in [4.78, 5) is 38.0. The highest BCUT2D eigenvalue weighted by Gasteiger charge is 2.19. The van der Waals surface area contributed by atoms with Crippen LogP contribution in [0.1, 0.15) is 316 Å². The number of rotatable bonds is 55. The Morgan fingerprint density at radius 2 is 0.565 bits per heavy atom. The summed E-state index contributed by atoms with van der Waals surface area (Å²) >= 11 is 0. The van der Waals surface area contributed by atoms with Crippen molar-refractivity contribution in [2.45, 2.75) is 322 Å². The number of unbranched alkanes of at least 4 members (excludes halogenated alkanes) is 36. The first-order valence-corrected chi connectivity index (χ1v) is 30.1. The van der Waals surface area contributed by atoms with E-state index in [1.807, 2.05) is 0 Å². The third kappa shape index (κ3) is 56.2. The summed E-state index contributed by atoms with van der Waals surface area (Å²) in [5, 5.41) is 0. The van der Waals surface area contributed by atoms with Gasteiger partial charge in [-0.1, -0.05) is 288 Å². The van der Waals surface area contributed by atoms with Crippen molar-refractivity contribution in [2.75, 3.05) is 13.2 Å². The van der Waals surface area contributed by atoms with Crippen LogP contribution < -0.4 is 0 Å². The zero-order valence-electron chi connectivity index (χ0n) is 46.1. The zero-order chi connectivity index (χ0) is 50.0. The van der Waals surface area contributed by atoms with E-state index in [1.165, 1.54) is 193 Å². The predicted molar refractivity (Wildman–Crippen MR) is 298 cm³/mol. The van der Waals surface area contributed by atoms with Crippen LogP contribution in [-0.4, -0.2) is 37.2 Å². The van der Waals surface area contributed by atoms with Gasteiger partial charge in [-0.25, -0.2) is 0 Å². The molecule has 0 radical (unpaired) electrons. The SMILES string of the molecule is CC/C=C\C/C=C\C/C=C\C/C=C\CCCCCCCCCCCCCCC(=O)OCC(COC(=O)CCCCCCCCC)OC(=O)CCCCCCCCCCCCCCCCCCCCC. The van der Waals surface area contributed by atoms with Crippen molar-refractivity contribution in [3.63, 3.8) is 0 Å². The highest BCUT2D eigenvalue weighted by atomic mass is 16.6. The van der Waals surface area contributed by atoms with E-state index in [0.29, 0.717) is 19.3 Å². The van der Waals surface area contributed by atoms with Crippen molar-refractivity contribution in [1.29, 1.82) is 0 Å². The first-order valence-electron chi connectivity index (χ1n) is 30.1. The molecule has 0 saturated carbocycles.